The molecule has 0 aliphatic rings. The van der Waals surface area contributed by atoms with Gasteiger partial charge in [-0.1, -0.05) is 6.07 Å². The lowest BCUT2D eigenvalue weighted by Crippen LogP contribution is -1.75. The summed E-state index contributed by atoms with van der Waals surface area (Å²) >= 11 is 0. The fourth-order valence-corrected chi connectivity index (χ4v) is 4.27. The molecule has 0 bridgehead atoms. The van der Waals surface area contributed by atoms with Gasteiger partial charge in [0.1, 0.15) is 17.0 Å². The van der Waals surface area contributed by atoms with E-state index in [0.29, 0.717) is 0 Å². The van der Waals surface area contributed by atoms with Crippen LogP contribution in [0.1, 0.15) is 5.56 Å². The zero-order valence-electron chi connectivity index (χ0n) is 9.78. The number of halogens is 2. The summed E-state index contributed by atoms with van der Waals surface area (Å²) in [7, 11) is -0.358. The van der Waals surface area contributed by atoms with Gasteiger partial charge in [-0.2, -0.15) is 0 Å². The third-order valence-corrected chi connectivity index (χ3v) is 5.11. The highest BCUT2D eigenvalue weighted by molar-refractivity contribution is 7.43. The monoisotopic (exact) mass is 261 g/mol. The Labute approximate surface area is 106 Å². The van der Waals surface area contributed by atoms with Gasteiger partial charge in [-0.15, -0.1) is 0 Å². The molecule has 0 spiro atoms. The summed E-state index contributed by atoms with van der Waals surface area (Å²) in [5, 5.41) is 3.14. The molecule has 18 heavy (non-hydrogen) atoms. The lowest BCUT2D eigenvalue weighted by molar-refractivity contribution is 0.628. The van der Waals surface area contributed by atoms with Gasteiger partial charge in [0.2, 0.25) is 0 Å². The van der Waals surface area contributed by atoms with Crippen LogP contribution >= 0.6 is 10.5 Å². The van der Waals surface area contributed by atoms with Gasteiger partial charge in [0.25, 0.3) is 0 Å². The quantitative estimate of drug-likeness (QED) is 0.530. The fourth-order valence-electron chi connectivity index (χ4n) is 2.11. The van der Waals surface area contributed by atoms with Gasteiger partial charge in [0.15, 0.2) is 9.60 Å². The molecule has 0 aliphatic heterocycles. The molecule has 0 N–H and O–H groups in total. The summed E-state index contributed by atoms with van der Waals surface area (Å²) in [5.74, 6) is -0.498. The van der Waals surface area contributed by atoms with Crippen LogP contribution in [-0.4, -0.2) is 0 Å². The van der Waals surface area contributed by atoms with Crippen molar-refractivity contribution in [1.29, 1.82) is 0 Å². The van der Waals surface area contributed by atoms with Crippen molar-refractivity contribution < 1.29 is 8.78 Å². The molecule has 90 valence electrons. The standard InChI is InChI=1S/C15H11F2S/c1-10-9-18(13-4-2-3-11(16)7-13)15-8-12(17)5-6-14(10)15/h2-9H,1H3/q+1. The van der Waals surface area contributed by atoms with Crippen LogP contribution in [0.5, 0.6) is 0 Å². The molecule has 1 unspecified atom stereocenters. The van der Waals surface area contributed by atoms with Gasteiger partial charge < -0.3 is 0 Å². The van der Waals surface area contributed by atoms with E-state index in [0.717, 1.165) is 20.5 Å². The lowest BCUT2D eigenvalue weighted by atomic mass is 10.2. The number of benzene rings is 2. The number of fused-ring (bicyclic) bond motifs is 1. The minimum atomic E-state index is -0.358. The number of thiophene rings is 1. The number of hydrogen-bond donors (Lipinski definition) is 0. The van der Waals surface area contributed by atoms with E-state index in [-0.39, 0.29) is 22.1 Å². The second-order valence-electron chi connectivity index (χ2n) is 4.24. The zero-order valence-corrected chi connectivity index (χ0v) is 10.6. The fraction of sp³-hybridized carbons (Fsp3) is 0.0667. The summed E-state index contributed by atoms with van der Waals surface area (Å²) in [6.07, 6.45) is 0. The minimum Gasteiger partial charge on any atom is -0.207 e. The summed E-state index contributed by atoms with van der Waals surface area (Å²) in [6.45, 7) is 2.00. The summed E-state index contributed by atoms with van der Waals surface area (Å²) in [5.41, 5.74) is 1.12. The van der Waals surface area contributed by atoms with Crippen LogP contribution in [0.4, 0.5) is 8.78 Å². The van der Waals surface area contributed by atoms with E-state index in [4.69, 9.17) is 0 Å². The van der Waals surface area contributed by atoms with E-state index in [1.807, 2.05) is 13.0 Å². The zero-order chi connectivity index (χ0) is 12.7. The van der Waals surface area contributed by atoms with E-state index in [1.54, 1.807) is 18.2 Å². The van der Waals surface area contributed by atoms with Crippen LogP contribution in [0.15, 0.2) is 47.8 Å². The van der Waals surface area contributed by atoms with Crippen LogP contribution in [0.2, 0.25) is 0 Å². The van der Waals surface area contributed by atoms with Gasteiger partial charge >= 0.3 is 0 Å². The Morgan fingerprint density at radius 2 is 1.72 bits per heavy atom. The molecular weight excluding hydrogens is 250 g/mol. The van der Waals surface area contributed by atoms with E-state index in [1.165, 1.54) is 18.2 Å². The molecule has 3 heteroatoms. The topological polar surface area (TPSA) is 0 Å². The molecule has 1 heterocycles. The van der Waals surface area contributed by atoms with Gasteiger partial charge in [-0.05, 0) is 31.2 Å². The molecule has 2 aromatic carbocycles. The Morgan fingerprint density at radius 3 is 2.50 bits per heavy atom. The Bertz CT molecular complexity index is 728. The van der Waals surface area contributed by atoms with Crippen LogP contribution in [-0.2, 0) is 0 Å². The largest absolute Gasteiger partial charge is 0.207 e. The van der Waals surface area contributed by atoms with Crippen molar-refractivity contribution in [2.75, 3.05) is 0 Å². The molecule has 0 saturated carbocycles. The first-order chi connectivity index (χ1) is 8.65. The first kappa shape index (κ1) is 11.4. The first-order valence-electron chi connectivity index (χ1n) is 5.62. The second kappa shape index (κ2) is 4.18. The molecule has 1 atom stereocenters. The maximum absolute atomic E-state index is 13.4. The van der Waals surface area contributed by atoms with Gasteiger partial charge in [-0.25, -0.2) is 8.78 Å². The van der Waals surface area contributed by atoms with Crippen LogP contribution < -0.4 is 0 Å². The Morgan fingerprint density at radius 1 is 0.944 bits per heavy atom. The molecule has 0 saturated heterocycles. The molecule has 0 aliphatic carbocycles. The van der Waals surface area contributed by atoms with Crippen molar-refractivity contribution in [1.82, 2.24) is 0 Å². The minimum absolute atomic E-state index is 0.245. The van der Waals surface area contributed by atoms with E-state index in [9.17, 15) is 8.78 Å². The highest BCUT2D eigenvalue weighted by atomic mass is 32.2. The van der Waals surface area contributed by atoms with Crippen molar-refractivity contribution >= 4 is 20.6 Å². The third-order valence-electron chi connectivity index (χ3n) is 2.95. The van der Waals surface area contributed by atoms with E-state index in [2.05, 4.69) is 5.38 Å². The predicted octanol–water partition coefficient (Wildman–Crippen LogP) is 5.16. The third kappa shape index (κ3) is 1.81. The smallest absolute Gasteiger partial charge is 0.189 e. The second-order valence-corrected chi connectivity index (χ2v) is 6.06. The lowest BCUT2D eigenvalue weighted by Gasteiger charge is -1.92. The normalized spacial score (nSPS) is 12.1. The average Bonchev–Trinajstić information content (AvgIpc) is 2.66. The van der Waals surface area contributed by atoms with E-state index >= 15 is 0 Å². The summed E-state index contributed by atoms with van der Waals surface area (Å²) in [4.78, 5) is 0.888. The van der Waals surface area contributed by atoms with Crippen LogP contribution in [0.3, 0.4) is 0 Å². The van der Waals surface area contributed by atoms with Crippen LogP contribution in [0.25, 0.3) is 15.0 Å². The SMILES string of the molecule is Cc1c[s+](-c2cccc(F)c2)c2cc(F)ccc12. The number of hydrogen-bond acceptors (Lipinski definition) is 0. The summed E-state index contributed by atoms with van der Waals surface area (Å²) in [6, 6.07) is 11.3. The molecule has 3 rings (SSSR count). The number of aryl methyl sites for hydroxylation is 1. The maximum atomic E-state index is 13.4. The Hall–Kier alpha value is -1.74. The molecule has 0 fully saturated rings. The predicted molar refractivity (Wildman–Crippen MR) is 72.4 cm³/mol. The van der Waals surface area contributed by atoms with Gasteiger partial charge in [-0.3, -0.25) is 0 Å². The van der Waals surface area contributed by atoms with Gasteiger partial charge in [0, 0.05) is 33.6 Å². The van der Waals surface area contributed by atoms with E-state index < -0.39 is 0 Å². The van der Waals surface area contributed by atoms with Crippen molar-refractivity contribution in [2.24, 2.45) is 0 Å². The highest BCUT2D eigenvalue weighted by Crippen LogP contribution is 2.42. The van der Waals surface area contributed by atoms with Crippen LogP contribution in [0, 0.1) is 18.6 Å². The molecular formula is C15H11F2S+. The van der Waals surface area contributed by atoms with Crippen molar-refractivity contribution in [3.05, 3.63) is 65.0 Å². The molecule has 0 nitrogen and oxygen atoms in total. The van der Waals surface area contributed by atoms with Gasteiger partial charge in [0.05, 0.1) is 0 Å². The van der Waals surface area contributed by atoms with Crippen molar-refractivity contribution in [3.8, 4) is 4.90 Å². The molecule has 1 aromatic heterocycles. The highest BCUT2D eigenvalue weighted by Gasteiger charge is 2.19. The average molecular weight is 261 g/mol. The molecule has 0 radical (unpaired) electrons. The van der Waals surface area contributed by atoms with Crippen molar-refractivity contribution in [2.45, 2.75) is 6.92 Å². The Balaban J connectivity index is 2.32. The molecule has 3 aromatic rings. The maximum Gasteiger partial charge on any atom is 0.189 e. The van der Waals surface area contributed by atoms with Crippen molar-refractivity contribution in [3.63, 3.8) is 0 Å². The Kier molecular flexibility index (Phi) is 2.63. The summed E-state index contributed by atoms with van der Waals surface area (Å²) < 4.78 is 27.6. The molecule has 0 amide bonds. The number of rotatable bonds is 1. The first-order valence-corrected chi connectivity index (χ1v) is 6.91.